The Morgan fingerprint density at radius 1 is 0.500 bits per heavy atom. The summed E-state index contributed by atoms with van der Waals surface area (Å²) in [6.07, 6.45) is 0. The van der Waals surface area contributed by atoms with Crippen molar-refractivity contribution in [1.29, 1.82) is 0 Å². The molecule has 0 atom stereocenters. The van der Waals surface area contributed by atoms with Gasteiger partial charge in [0, 0.05) is 44.0 Å². The van der Waals surface area contributed by atoms with Gasteiger partial charge >= 0.3 is 0 Å². The van der Waals surface area contributed by atoms with Crippen molar-refractivity contribution in [2.75, 3.05) is 4.90 Å². The van der Waals surface area contributed by atoms with Crippen molar-refractivity contribution in [2.24, 2.45) is 0 Å². The van der Waals surface area contributed by atoms with Crippen molar-refractivity contribution >= 4 is 60.8 Å². The summed E-state index contributed by atoms with van der Waals surface area (Å²) in [5, 5.41) is 4.75. The van der Waals surface area contributed by atoms with Crippen LogP contribution in [0.25, 0.3) is 71.7 Å². The van der Waals surface area contributed by atoms with E-state index in [-0.39, 0.29) is 5.41 Å². The van der Waals surface area contributed by atoms with Gasteiger partial charge in [0.25, 0.3) is 0 Å². The molecule has 10 aromatic rings. The monoisotopic (exact) mass is 720 g/mol. The van der Waals surface area contributed by atoms with E-state index in [4.69, 9.17) is 4.42 Å². The van der Waals surface area contributed by atoms with E-state index < -0.39 is 0 Å². The third-order valence-corrected chi connectivity index (χ3v) is 12.2. The SMILES string of the molecule is Cc1ccc(C)c(-n2c3ccccc3c3cc(-c4ccc(N(c5ccc6c(c5)C(C)(C)c5ccccc5-6)c5cccc6c5oc5ccccc56)cc4)ccc32)c1. The van der Waals surface area contributed by atoms with Crippen molar-refractivity contribution in [3.8, 4) is 27.9 Å². The predicted octanol–water partition coefficient (Wildman–Crippen LogP) is 14.7. The van der Waals surface area contributed by atoms with Crippen molar-refractivity contribution in [2.45, 2.75) is 33.1 Å². The second-order valence-corrected chi connectivity index (χ2v) is 15.9. The molecule has 268 valence electrons. The molecular formula is C53H40N2O. The number of furan rings is 1. The highest BCUT2D eigenvalue weighted by atomic mass is 16.3. The van der Waals surface area contributed by atoms with Crippen LogP contribution >= 0.6 is 0 Å². The van der Waals surface area contributed by atoms with Crippen LogP contribution in [0.1, 0.15) is 36.1 Å². The van der Waals surface area contributed by atoms with Crippen LogP contribution in [0.15, 0.2) is 174 Å². The molecule has 0 radical (unpaired) electrons. The Balaban J connectivity index is 1.06. The molecule has 0 saturated heterocycles. The molecule has 0 saturated carbocycles. The number of rotatable bonds is 5. The Morgan fingerprint density at radius 2 is 1.20 bits per heavy atom. The van der Waals surface area contributed by atoms with Gasteiger partial charge < -0.3 is 13.9 Å². The highest BCUT2D eigenvalue weighted by molar-refractivity contribution is 6.11. The number of anilines is 3. The Morgan fingerprint density at radius 3 is 2.07 bits per heavy atom. The summed E-state index contributed by atoms with van der Waals surface area (Å²) in [7, 11) is 0. The summed E-state index contributed by atoms with van der Waals surface area (Å²) in [4.78, 5) is 2.37. The standard InChI is InChI=1S/C53H40N2O/c1-33-20-21-34(2)50(30-33)55-47-17-9-6-13-41(47)44-31-36(24-29-48(44)55)35-22-25-37(26-23-35)54(49-18-11-15-43-42-14-7-10-19-51(42)56-52(43)49)38-27-28-40-39-12-5-8-16-45(39)53(3,4)46(40)32-38/h5-32H,1-4H3. The predicted molar refractivity (Wildman–Crippen MR) is 235 cm³/mol. The van der Waals surface area contributed by atoms with Gasteiger partial charge in [-0.1, -0.05) is 123 Å². The molecule has 11 rings (SSSR count). The molecule has 0 N–H and O–H groups in total. The van der Waals surface area contributed by atoms with Gasteiger partial charge in [-0.25, -0.2) is 0 Å². The van der Waals surface area contributed by atoms with E-state index in [9.17, 15) is 0 Å². The van der Waals surface area contributed by atoms with Crippen molar-refractivity contribution < 1.29 is 4.42 Å². The van der Waals surface area contributed by atoms with E-state index >= 15 is 0 Å². The van der Waals surface area contributed by atoms with Crippen LogP contribution in [0, 0.1) is 13.8 Å². The summed E-state index contributed by atoms with van der Waals surface area (Å²) in [6, 6.07) is 62.1. The third-order valence-electron chi connectivity index (χ3n) is 12.2. The largest absolute Gasteiger partial charge is 0.454 e. The average Bonchev–Trinajstić information content (AvgIpc) is 3.85. The number of hydrogen-bond donors (Lipinski definition) is 0. The molecule has 3 heteroatoms. The first-order valence-corrected chi connectivity index (χ1v) is 19.5. The quantitative estimate of drug-likeness (QED) is 0.177. The van der Waals surface area contributed by atoms with Crippen molar-refractivity contribution in [1.82, 2.24) is 4.57 Å². The van der Waals surface area contributed by atoms with Crippen LogP contribution in [0.4, 0.5) is 17.1 Å². The lowest BCUT2D eigenvalue weighted by Gasteiger charge is -2.28. The zero-order valence-corrected chi connectivity index (χ0v) is 32.0. The van der Waals surface area contributed by atoms with E-state index in [2.05, 4.69) is 201 Å². The molecular weight excluding hydrogens is 681 g/mol. The fraction of sp³-hybridized carbons (Fsp3) is 0.0943. The molecule has 56 heavy (non-hydrogen) atoms. The normalized spacial score (nSPS) is 13.1. The van der Waals surface area contributed by atoms with Gasteiger partial charge in [0.05, 0.1) is 16.7 Å². The summed E-state index contributed by atoms with van der Waals surface area (Å²) >= 11 is 0. The van der Waals surface area contributed by atoms with Crippen LogP contribution in [0.2, 0.25) is 0 Å². The Bertz CT molecular complexity index is 3190. The molecule has 1 aliphatic rings. The maximum absolute atomic E-state index is 6.66. The maximum Gasteiger partial charge on any atom is 0.159 e. The van der Waals surface area contributed by atoms with Gasteiger partial charge in [0.2, 0.25) is 0 Å². The average molecular weight is 721 g/mol. The van der Waals surface area contributed by atoms with E-state index in [0.29, 0.717) is 0 Å². The van der Waals surface area contributed by atoms with Crippen LogP contribution in [-0.4, -0.2) is 4.57 Å². The van der Waals surface area contributed by atoms with Gasteiger partial charge in [0.15, 0.2) is 5.58 Å². The fourth-order valence-electron chi connectivity index (χ4n) is 9.34. The van der Waals surface area contributed by atoms with E-state index in [1.807, 2.05) is 6.07 Å². The molecule has 0 amide bonds. The zero-order chi connectivity index (χ0) is 37.7. The van der Waals surface area contributed by atoms with Gasteiger partial charge in [0.1, 0.15) is 5.58 Å². The van der Waals surface area contributed by atoms with Crippen molar-refractivity contribution in [3.05, 3.63) is 192 Å². The van der Waals surface area contributed by atoms with E-state index in [0.717, 1.165) is 39.0 Å². The van der Waals surface area contributed by atoms with Crippen LogP contribution in [0.5, 0.6) is 0 Å². The molecule has 8 aromatic carbocycles. The third kappa shape index (κ3) is 4.77. The van der Waals surface area contributed by atoms with Crippen molar-refractivity contribution in [3.63, 3.8) is 0 Å². The number of para-hydroxylation sites is 3. The van der Waals surface area contributed by atoms with E-state index in [1.165, 1.54) is 72.0 Å². The number of fused-ring (bicyclic) bond motifs is 9. The second kappa shape index (κ2) is 12.1. The van der Waals surface area contributed by atoms with Crippen LogP contribution in [-0.2, 0) is 5.41 Å². The van der Waals surface area contributed by atoms with E-state index in [1.54, 1.807) is 0 Å². The van der Waals surface area contributed by atoms with Gasteiger partial charge in [-0.05, 0) is 119 Å². The number of benzene rings is 8. The summed E-state index contributed by atoms with van der Waals surface area (Å²) in [6.45, 7) is 9.06. The minimum Gasteiger partial charge on any atom is -0.454 e. The molecule has 1 aliphatic carbocycles. The minimum atomic E-state index is -0.122. The fourth-order valence-corrected chi connectivity index (χ4v) is 9.34. The Hall–Kier alpha value is -6.84. The molecule has 0 unspecified atom stereocenters. The first kappa shape index (κ1) is 32.6. The molecule has 3 nitrogen and oxygen atoms in total. The molecule has 0 aliphatic heterocycles. The number of aryl methyl sites for hydroxylation is 2. The first-order chi connectivity index (χ1) is 27.3. The maximum atomic E-state index is 6.66. The summed E-state index contributed by atoms with van der Waals surface area (Å²) in [5.41, 5.74) is 18.7. The molecule has 2 aromatic heterocycles. The number of nitrogens with zero attached hydrogens (tertiary/aromatic N) is 2. The lowest BCUT2D eigenvalue weighted by Crippen LogP contribution is -2.16. The smallest absolute Gasteiger partial charge is 0.159 e. The molecule has 0 fully saturated rings. The van der Waals surface area contributed by atoms with Crippen LogP contribution < -0.4 is 4.90 Å². The highest BCUT2D eigenvalue weighted by Gasteiger charge is 2.36. The highest BCUT2D eigenvalue weighted by Crippen LogP contribution is 2.51. The first-order valence-electron chi connectivity index (χ1n) is 19.5. The lowest BCUT2D eigenvalue weighted by atomic mass is 9.82. The number of hydrogen-bond acceptors (Lipinski definition) is 2. The van der Waals surface area contributed by atoms with Gasteiger partial charge in [-0.3, -0.25) is 0 Å². The molecule has 0 bridgehead atoms. The van der Waals surface area contributed by atoms with Gasteiger partial charge in [-0.15, -0.1) is 0 Å². The van der Waals surface area contributed by atoms with Crippen LogP contribution in [0.3, 0.4) is 0 Å². The second-order valence-electron chi connectivity index (χ2n) is 15.9. The minimum absolute atomic E-state index is 0.122. The summed E-state index contributed by atoms with van der Waals surface area (Å²) in [5.74, 6) is 0. The number of aromatic nitrogens is 1. The lowest BCUT2D eigenvalue weighted by molar-refractivity contribution is 0.660. The summed E-state index contributed by atoms with van der Waals surface area (Å²) < 4.78 is 9.09. The Labute approximate surface area is 326 Å². The Kier molecular flexibility index (Phi) is 7.03. The zero-order valence-electron chi connectivity index (χ0n) is 32.0. The molecule has 2 heterocycles. The molecule has 0 spiro atoms. The topological polar surface area (TPSA) is 21.3 Å². The van der Waals surface area contributed by atoms with Gasteiger partial charge in [-0.2, -0.15) is 0 Å².